The van der Waals surface area contributed by atoms with Crippen molar-refractivity contribution in [3.8, 4) is 0 Å². The lowest BCUT2D eigenvalue weighted by atomic mass is 10.3. The molecule has 0 aromatic carbocycles. The van der Waals surface area contributed by atoms with Crippen LogP contribution in [0.2, 0.25) is 0 Å². The van der Waals surface area contributed by atoms with Gasteiger partial charge in [-0.25, -0.2) is 0 Å². The third-order valence-electron chi connectivity index (χ3n) is 2.11. The highest BCUT2D eigenvalue weighted by atomic mass is 35.5. The fourth-order valence-corrected chi connectivity index (χ4v) is 2.15. The number of halogens is 2. The van der Waals surface area contributed by atoms with Gasteiger partial charge < -0.3 is 0 Å². The van der Waals surface area contributed by atoms with Crippen LogP contribution >= 0.6 is 23.2 Å². The second kappa shape index (κ2) is 1.76. The summed E-state index contributed by atoms with van der Waals surface area (Å²) in [5.41, 5.74) is 6.06. The Morgan fingerprint density at radius 2 is 1.56 bits per heavy atom. The first-order chi connectivity index (χ1) is 4.21. The van der Waals surface area contributed by atoms with Crippen molar-refractivity contribution < 1.29 is 0 Å². The number of hydrogen-bond acceptors (Lipinski definition) is 2. The van der Waals surface area contributed by atoms with Gasteiger partial charge in [0.2, 0.25) is 0 Å². The Hall–Kier alpha value is 0.500. The molecule has 2 unspecified atom stereocenters. The summed E-state index contributed by atoms with van der Waals surface area (Å²) in [5, 5.41) is 0. The van der Waals surface area contributed by atoms with Gasteiger partial charge in [0.1, 0.15) is 0 Å². The van der Waals surface area contributed by atoms with Gasteiger partial charge in [0.05, 0.1) is 12.1 Å². The number of hydrogen-bond donors (Lipinski definition) is 2. The summed E-state index contributed by atoms with van der Waals surface area (Å²) in [4.78, 5) is 0. The maximum absolute atomic E-state index is 5.97. The fraction of sp³-hybridized carbons (Fsp3) is 1.00. The van der Waals surface area contributed by atoms with E-state index in [-0.39, 0.29) is 12.1 Å². The van der Waals surface area contributed by atoms with Crippen molar-refractivity contribution in [2.45, 2.75) is 29.3 Å². The van der Waals surface area contributed by atoms with Gasteiger partial charge in [-0.05, 0) is 12.8 Å². The first kappa shape index (κ1) is 6.23. The van der Waals surface area contributed by atoms with E-state index in [0.717, 1.165) is 12.8 Å². The summed E-state index contributed by atoms with van der Waals surface area (Å²) in [6, 6.07) is 0.511. The van der Waals surface area contributed by atoms with Gasteiger partial charge in [0.15, 0.2) is 4.33 Å². The van der Waals surface area contributed by atoms with Crippen LogP contribution in [0, 0.1) is 0 Å². The van der Waals surface area contributed by atoms with Crippen molar-refractivity contribution in [1.82, 2.24) is 10.9 Å². The summed E-state index contributed by atoms with van der Waals surface area (Å²) in [5.74, 6) is 0. The average molecular weight is 167 g/mol. The van der Waals surface area contributed by atoms with Crippen molar-refractivity contribution in [2.75, 3.05) is 0 Å². The van der Waals surface area contributed by atoms with E-state index in [1.54, 1.807) is 0 Å². The van der Waals surface area contributed by atoms with Crippen LogP contribution in [0.4, 0.5) is 0 Å². The molecule has 52 valence electrons. The number of alkyl halides is 2. The van der Waals surface area contributed by atoms with Crippen LogP contribution in [0.5, 0.6) is 0 Å². The van der Waals surface area contributed by atoms with Crippen LogP contribution in [0.15, 0.2) is 0 Å². The van der Waals surface area contributed by atoms with E-state index in [4.69, 9.17) is 23.2 Å². The largest absolute Gasteiger partial charge is 0.251 e. The quantitative estimate of drug-likeness (QED) is 0.521. The molecule has 1 heterocycles. The summed E-state index contributed by atoms with van der Waals surface area (Å²) >= 11 is 11.9. The van der Waals surface area contributed by atoms with E-state index in [1.165, 1.54) is 0 Å². The average Bonchev–Trinajstić information content (AvgIpc) is 2.24. The number of hydrazine groups is 1. The van der Waals surface area contributed by atoms with E-state index < -0.39 is 4.33 Å². The minimum Gasteiger partial charge on any atom is -0.251 e. The molecule has 9 heavy (non-hydrogen) atoms. The Morgan fingerprint density at radius 1 is 1.11 bits per heavy atom. The van der Waals surface area contributed by atoms with Gasteiger partial charge in [-0.1, -0.05) is 23.2 Å². The van der Waals surface area contributed by atoms with Gasteiger partial charge in [0.25, 0.3) is 0 Å². The molecule has 2 fully saturated rings. The first-order valence-electron chi connectivity index (χ1n) is 3.10. The summed E-state index contributed by atoms with van der Waals surface area (Å²) < 4.78 is -0.556. The molecule has 0 aromatic heterocycles. The smallest absolute Gasteiger partial charge is 0.151 e. The molecule has 2 aliphatic rings. The molecule has 1 aliphatic carbocycles. The van der Waals surface area contributed by atoms with E-state index in [2.05, 4.69) is 10.9 Å². The Kier molecular flexibility index (Phi) is 1.21. The number of rotatable bonds is 0. The fourth-order valence-electron chi connectivity index (χ4n) is 1.50. The van der Waals surface area contributed by atoms with E-state index >= 15 is 0 Å². The van der Waals surface area contributed by atoms with Gasteiger partial charge in [-0.15, -0.1) is 0 Å². The first-order valence-corrected chi connectivity index (χ1v) is 3.86. The standard InChI is InChI=1S/C5H8Cl2N2/c6-5(7)3-1-2-4(5)9-8-3/h3-4,8-9H,1-2H2. The molecule has 2 bridgehead atoms. The molecule has 2 nitrogen and oxygen atoms in total. The van der Waals surface area contributed by atoms with E-state index in [0.29, 0.717) is 0 Å². The molecule has 0 radical (unpaired) electrons. The molecule has 1 saturated heterocycles. The summed E-state index contributed by atoms with van der Waals surface area (Å²) in [7, 11) is 0. The number of nitrogens with one attached hydrogen (secondary N) is 2. The lowest BCUT2D eigenvalue weighted by molar-refractivity contribution is 0.437. The zero-order chi connectivity index (χ0) is 6.48. The SMILES string of the molecule is ClC1(Cl)C2CCC1NN2. The Balaban J connectivity index is 2.26. The van der Waals surface area contributed by atoms with Crippen LogP contribution in [0.1, 0.15) is 12.8 Å². The van der Waals surface area contributed by atoms with Crippen LogP contribution in [-0.4, -0.2) is 16.4 Å². The molecule has 2 rings (SSSR count). The molecular weight excluding hydrogens is 159 g/mol. The molecule has 4 heteroatoms. The Bertz CT molecular complexity index is 115. The topological polar surface area (TPSA) is 24.1 Å². The third kappa shape index (κ3) is 0.709. The van der Waals surface area contributed by atoms with E-state index in [1.807, 2.05) is 0 Å². The zero-order valence-electron chi connectivity index (χ0n) is 4.82. The molecule has 0 aromatic rings. The minimum absolute atomic E-state index is 0.255. The molecule has 2 N–H and O–H groups in total. The Labute approximate surface area is 63.9 Å². The minimum atomic E-state index is -0.556. The maximum atomic E-state index is 5.97. The highest BCUT2D eigenvalue weighted by molar-refractivity contribution is 6.50. The van der Waals surface area contributed by atoms with Crippen molar-refractivity contribution in [2.24, 2.45) is 0 Å². The summed E-state index contributed by atoms with van der Waals surface area (Å²) in [6.45, 7) is 0. The van der Waals surface area contributed by atoms with Crippen molar-refractivity contribution >= 4 is 23.2 Å². The van der Waals surface area contributed by atoms with Gasteiger partial charge in [-0.3, -0.25) is 10.9 Å². The predicted octanol–water partition coefficient (Wildman–Crippen LogP) is 0.799. The molecular formula is C5H8Cl2N2. The Morgan fingerprint density at radius 3 is 1.67 bits per heavy atom. The molecule has 0 amide bonds. The normalized spacial score (nSPS) is 46.0. The lowest BCUT2D eigenvalue weighted by Crippen LogP contribution is -2.37. The maximum Gasteiger partial charge on any atom is 0.151 e. The van der Waals surface area contributed by atoms with Crippen LogP contribution in [0.25, 0.3) is 0 Å². The second-order valence-electron chi connectivity index (χ2n) is 2.65. The monoisotopic (exact) mass is 166 g/mol. The molecule has 1 saturated carbocycles. The highest BCUT2D eigenvalue weighted by Crippen LogP contribution is 2.42. The highest BCUT2D eigenvalue weighted by Gasteiger charge is 2.52. The third-order valence-corrected chi connectivity index (χ3v) is 3.16. The molecule has 2 atom stereocenters. The molecule has 0 spiro atoms. The van der Waals surface area contributed by atoms with E-state index in [9.17, 15) is 0 Å². The predicted molar refractivity (Wildman–Crippen MR) is 37.5 cm³/mol. The van der Waals surface area contributed by atoms with Crippen molar-refractivity contribution in [1.29, 1.82) is 0 Å². The van der Waals surface area contributed by atoms with Crippen LogP contribution in [0.3, 0.4) is 0 Å². The van der Waals surface area contributed by atoms with Crippen LogP contribution < -0.4 is 10.9 Å². The summed E-state index contributed by atoms with van der Waals surface area (Å²) in [6.07, 6.45) is 2.18. The molecule has 1 aliphatic heterocycles. The number of fused-ring (bicyclic) bond motifs is 2. The van der Waals surface area contributed by atoms with Gasteiger partial charge in [-0.2, -0.15) is 0 Å². The second-order valence-corrected chi connectivity index (χ2v) is 4.09. The van der Waals surface area contributed by atoms with Crippen molar-refractivity contribution in [3.63, 3.8) is 0 Å². The lowest BCUT2D eigenvalue weighted by Gasteiger charge is -2.14. The van der Waals surface area contributed by atoms with Crippen molar-refractivity contribution in [3.05, 3.63) is 0 Å². The van der Waals surface area contributed by atoms with Crippen LogP contribution in [-0.2, 0) is 0 Å². The zero-order valence-corrected chi connectivity index (χ0v) is 6.34. The van der Waals surface area contributed by atoms with Gasteiger partial charge in [0, 0.05) is 0 Å². The van der Waals surface area contributed by atoms with Gasteiger partial charge >= 0.3 is 0 Å².